The summed E-state index contributed by atoms with van der Waals surface area (Å²) in [5.41, 5.74) is 2.28. The molecule has 0 saturated carbocycles. The van der Waals surface area contributed by atoms with Crippen LogP contribution in [0.15, 0.2) is 55.1 Å². The monoisotopic (exact) mass is 446 g/mol. The molecule has 4 rings (SSSR count). The zero-order valence-electron chi connectivity index (χ0n) is 19.5. The number of carbonyl (C=O) groups is 1. The van der Waals surface area contributed by atoms with Crippen molar-refractivity contribution in [1.29, 1.82) is 0 Å². The van der Waals surface area contributed by atoms with Gasteiger partial charge >= 0.3 is 0 Å². The molecule has 0 spiro atoms. The molecule has 33 heavy (non-hydrogen) atoms. The highest BCUT2D eigenvalue weighted by molar-refractivity contribution is 5.77. The van der Waals surface area contributed by atoms with Crippen LogP contribution in [-0.4, -0.2) is 44.6 Å². The summed E-state index contributed by atoms with van der Waals surface area (Å²) in [6.07, 6.45) is 12.1. The van der Waals surface area contributed by atoms with Crippen molar-refractivity contribution in [1.82, 2.24) is 24.8 Å². The highest BCUT2D eigenvalue weighted by Crippen LogP contribution is 2.26. The predicted octanol–water partition coefficient (Wildman–Crippen LogP) is 3.72. The number of anilines is 1. The van der Waals surface area contributed by atoms with Crippen LogP contribution in [0.1, 0.15) is 49.2 Å². The Labute approximate surface area is 196 Å². The summed E-state index contributed by atoms with van der Waals surface area (Å²) in [7, 11) is 0. The first-order valence-electron chi connectivity index (χ1n) is 12.0. The van der Waals surface area contributed by atoms with Crippen LogP contribution in [0.25, 0.3) is 0 Å². The summed E-state index contributed by atoms with van der Waals surface area (Å²) in [6, 6.07) is 12.7. The summed E-state index contributed by atoms with van der Waals surface area (Å²) < 4.78 is 2.04. The minimum absolute atomic E-state index is 0.131. The Bertz CT molecular complexity index is 1000. The highest BCUT2D eigenvalue weighted by Gasteiger charge is 2.26. The number of hydrogen-bond donors (Lipinski definition) is 1. The molecule has 1 N–H and O–H groups in total. The lowest BCUT2D eigenvalue weighted by Crippen LogP contribution is -2.43. The number of carbonyl (C=O) groups excluding carboxylic acids is 1. The zero-order valence-corrected chi connectivity index (χ0v) is 19.5. The van der Waals surface area contributed by atoms with E-state index in [0.29, 0.717) is 13.0 Å². The van der Waals surface area contributed by atoms with Gasteiger partial charge in [-0.15, -0.1) is 0 Å². The maximum Gasteiger partial charge on any atom is 0.222 e. The van der Waals surface area contributed by atoms with E-state index in [4.69, 9.17) is 4.98 Å². The Kier molecular flexibility index (Phi) is 8.06. The van der Waals surface area contributed by atoms with Gasteiger partial charge in [0, 0.05) is 62.7 Å². The van der Waals surface area contributed by atoms with E-state index in [9.17, 15) is 4.79 Å². The molecule has 0 aliphatic carbocycles. The maximum atomic E-state index is 12.7. The molecule has 0 bridgehead atoms. The molecule has 0 radical (unpaired) electrons. The normalized spacial score (nSPS) is 16.0. The fourth-order valence-corrected chi connectivity index (χ4v) is 4.48. The summed E-state index contributed by atoms with van der Waals surface area (Å²) in [5.74, 6) is 1.92. The van der Waals surface area contributed by atoms with Crippen LogP contribution in [-0.2, 0) is 24.2 Å². The van der Waals surface area contributed by atoms with Crippen LogP contribution < -0.4 is 10.2 Å². The lowest BCUT2D eigenvalue weighted by molar-refractivity contribution is -0.121. The largest absolute Gasteiger partial charge is 0.356 e. The average molecular weight is 447 g/mol. The van der Waals surface area contributed by atoms with Gasteiger partial charge in [0.2, 0.25) is 5.91 Å². The number of hydrogen-bond acceptors (Lipinski definition) is 5. The van der Waals surface area contributed by atoms with E-state index in [0.717, 1.165) is 69.0 Å². The Morgan fingerprint density at radius 3 is 2.85 bits per heavy atom. The van der Waals surface area contributed by atoms with Crippen molar-refractivity contribution in [3.05, 3.63) is 72.2 Å². The first kappa shape index (κ1) is 23.0. The third kappa shape index (κ3) is 6.88. The third-order valence-electron chi connectivity index (χ3n) is 6.19. The van der Waals surface area contributed by atoms with E-state index in [1.807, 2.05) is 30.1 Å². The molecule has 1 fully saturated rings. The standard InChI is InChI=1S/C26H34N6O/c1-21-18-25(30-24(29-21)12-16-31-17-14-27-20-31)32-15-6-5-11-23(32)19-26(33)28-13-7-10-22-8-3-2-4-9-22/h2-4,8-9,14,17-18,20,23H,5-7,10-13,15-16,19H2,1H3,(H,28,33). The minimum Gasteiger partial charge on any atom is -0.356 e. The molecule has 1 aromatic carbocycles. The van der Waals surface area contributed by atoms with Crippen molar-refractivity contribution in [3.63, 3.8) is 0 Å². The van der Waals surface area contributed by atoms with Crippen molar-refractivity contribution in [3.8, 4) is 0 Å². The number of aromatic nitrogens is 4. The number of nitrogens with zero attached hydrogens (tertiary/aromatic N) is 5. The first-order valence-corrected chi connectivity index (χ1v) is 12.0. The Morgan fingerprint density at radius 2 is 2.03 bits per heavy atom. The molecule has 1 atom stereocenters. The molecule has 1 aliphatic heterocycles. The minimum atomic E-state index is 0.131. The van der Waals surface area contributed by atoms with Crippen molar-refractivity contribution < 1.29 is 4.79 Å². The van der Waals surface area contributed by atoms with Crippen LogP contribution in [0.3, 0.4) is 0 Å². The second kappa shape index (κ2) is 11.6. The van der Waals surface area contributed by atoms with E-state index in [1.54, 1.807) is 6.20 Å². The van der Waals surface area contributed by atoms with Crippen LogP contribution in [0.4, 0.5) is 5.82 Å². The van der Waals surface area contributed by atoms with Crippen molar-refractivity contribution in [2.24, 2.45) is 0 Å². The molecule has 1 saturated heterocycles. The van der Waals surface area contributed by atoms with Crippen LogP contribution in [0, 0.1) is 6.92 Å². The molecule has 3 heterocycles. The number of aryl methyl sites for hydroxylation is 4. The van der Waals surface area contributed by atoms with Crippen LogP contribution >= 0.6 is 0 Å². The first-order chi connectivity index (χ1) is 16.2. The predicted molar refractivity (Wildman–Crippen MR) is 130 cm³/mol. The Morgan fingerprint density at radius 1 is 1.15 bits per heavy atom. The van der Waals surface area contributed by atoms with Crippen LogP contribution in [0.5, 0.6) is 0 Å². The molecule has 7 nitrogen and oxygen atoms in total. The molecule has 1 unspecified atom stereocenters. The van der Waals surface area contributed by atoms with E-state index in [2.05, 4.69) is 50.5 Å². The number of rotatable bonds is 10. The van der Waals surface area contributed by atoms with Crippen molar-refractivity contribution in [2.75, 3.05) is 18.0 Å². The molecule has 174 valence electrons. The molecular formula is C26H34N6O. The van der Waals surface area contributed by atoms with E-state index >= 15 is 0 Å². The van der Waals surface area contributed by atoms with Gasteiger partial charge in [0.25, 0.3) is 0 Å². The fraction of sp³-hybridized carbons (Fsp3) is 0.462. The van der Waals surface area contributed by atoms with Gasteiger partial charge in [-0.3, -0.25) is 4.79 Å². The van der Waals surface area contributed by atoms with Gasteiger partial charge in [-0.2, -0.15) is 0 Å². The topological polar surface area (TPSA) is 75.9 Å². The lowest BCUT2D eigenvalue weighted by Gasteiger charge is -2.36. The number of piperidine rings is 1. The quantitative estimate of drug-likeness (QED) is 0.481. The average Bonchev–Trinajstić information content (AvgIpc) is 3.35. The Balaban J connectivity index is 1.32. The third-order valence-corrected chi connectivity index (χ3v) is 6.19. The van der Waals surface area contributed by atoms with Gasteiger partial charge in [0.05, 0.1) is 6.33 Å². The molecular weight excluding hydrogens is 412 g/mol. The van der Waals surface area contributed by atoms with Gasteiger partial charge < -0.3 is 14.8 Å². The molecule has 1 amide bonds. The smallest absolute Gasteiger partial charge is 0.222 e. The number of imidazole rings is 1. The molecule has 2 aromatic heterocycles. The van der Waals surface area contributed by atoms with Gasteiger partial charge in [-0.25, -0.2) is 15.0 Å². The maximum absolute atomic E-state index is 12.7. The molecule has 7 heteroatoms. The van der Waals surface area contributed by atoms with Crippen molar-refractivity contribution in [2.45, 2.75) is 64.5 Å². The zero-order chi connectivity index (χ0) is 22.9. The highest BCUT2D eigenvalue weighted by atomic mass is 16.1. The van der Waals surface area contributed by atoms with E-state index in [-0.39, 0.29) is 11.9 Å². The number of amides is 1. The molecule has 3 aromatic rings. The lowest BCUT2D eigenvalue weighted by atomic mass is 9.98. The van der Waals surface area contributed by atoms with Gasteiger partial charge in [0.15, 0.2) is 0 Å². The summed E-state index contributed by atoms with van der Waals surface area (Å²) in [6.45, 7) is 4.47. The summed E-state index contributed by atoms with van der Waals surface area (Å²) in [5, 5.41) is 3.12. The van der Waals surface area contributed by atoms with Crippen molar-refractivity contribution >= 4 is 11.7 Å². The van der Waals surface area contributed by atoms with E-state index in [1.165, 1.54) is 5.56 Å². The van der Waals surface area contributed by atoms with E-state index < -0.39 is 0 Å². The summed E-state index contributed by atoms with van der Waals surface area (Å²) >= 11 is 0. The van der Waals surface area contributed by atoms with Crippen LogP contribution in [0.2, 0.25) is 0 Å². The number of benzene rings is 1. The fourth-order valence-electron chi connectivity index (χ4n) is 4.48. The van der Waals surface area contributed by atoms with Gasteiger partial charge in [0.1, 0.15) is 11.6 Å². The number of nitrogens with one attached hydrogen (secondary N) is 1. The van der Waals surface area contributed by atoms with Gasteiger partial charge in [-0.05, 0) is 44.6 Å². The SMILES string of the molecule is Cc1cc(N2CCCCC2CC(=O)NCCCc2ccccc2)nc(CCn2ccnc2)n1. The van der Waals surface area contributed by atoms with Gasteiger partial charge in [-0.1, -0.05) is 30.3 Å². The summed E-state index contributed by atoms with van der Waals surface area (Å²) in [4.78, 5) is 28.6. The molecule has 1 aliphatic rings. The Hall–Kier alpha value is -3.22. The second-order valence-electron chi connectivity index (χ2n) is 8.82. The second-order valence-corrected chi connectivity index (χ2v) is 8.82.